The number of benzene rings is 2. The number of ether oxygens (including phenoxy) is 1. The minimum atomic E-state index is -3.48. The SMILES string of the molecule is CN(C)S(=O)(=O)c1ccc(NC(=O)C2Cc3ccccc3O2)cc1. The minimum Gasteiger partial charge on any atom is -0.480 e. The molecule has 0 aromatic heterocycles. The largest absolute Gasteiger partial charge is 0.480 e. The van der Waals surface area contributed by atoms with Gasteiger partial charge in [0.05, 0.1) is 4.90 Å². The Kier molecular flexibility index (Phi) is 4.29. The second kappa shape index (κ2) is 6.26. The van der Waals surface area contributed by atoms with E-state index in [1.807, 2.05) is 24.3 Å². The monoisotopic (exact) mass is 346 g/mol. The molecule has 24 heavy (non-hydrogen) atoms. The van der Waals surface area contributed by atoms with E-state index in [-0.39, 0.29) is 10.8 Å². The normalized spacial score (nSPS) is 16.5. The Morgan fingerprint density at radius 3 is 2.42 bits per heavy atom. The van der Waals surface area contributed by atoms with Crippen molar-refractivity contribution in [2.45, 2.75) is 17.4 Å². The average molecular weight is 346 g/mol. The number of nitrogens with one attached hydrogen (secondary N) is 1. The van der Waals surface area contributed by atoms with Gasteiger partial charge in [0.2, 0.25) is 10.0 Å². The molecule has 1 N–H and O–H groups in total. The topological polar surface area (TPSA) is 75.7 Å². The molecule has 0 spiro atoms. The zero-order chi connectivity index (χ0) is 17.3. The van der Waals surface area contributed by atoms with Gasteiger partial charge in [-0.3, -0.25) is 4.79 Å². The fourth-order valence-corrected chi connectivity index (χ4v) is 3.37. The Labute approximate surface area is 141 Å². The molecule has 6 nitrogen and oxygen atoms in total. The predicted octanol–water partition coefficient (Wildman–Crippen LogP) is 1.88. The molecule has 0 saturated carbocycles. The molecule has 1 heterocycles. The lowest BCUT2D eigenvalue weighted by molar-refractivity contribution is -0.122. The van der Waals surface area contributed by atoms with Crippen molar-refractivity contribution in [3.8, 4) is 5.75 Å². The first kappa shape index (κ1) is 16.5. The third kappa shape index (κ3) is 3.13. The van der Waals surface area contributed by atoms with Crippen LogP contribution in [0.25, 0.3) is 0 Å². The van der Waals surface area contributed by atoms with Gasteiger partial charge in [0, 0.05) is 26.2 Å². The van der Waals surface area contributed by atoms with Gasteiger partial charge in [0.15, 0.2) is 6.10 Å². The van der Waals surface area contributed by atoms with Gasteiger partial charge < -0.3 is 10.1 Å². The summed E-state index contributed by atoms with van der Waals surface area (Å²) >= 11 is 0. The summed E-state index contributed by atoms with van der Waals surface area (Å²) in [4.78, 5) is 12.5. The number of hydrogen-bond acceptors (Lipinski definition) is 4. The molecule has 1 unspecified atom stereocenters. The highest BCUT2D eigenvalue weighted by Gasteiger charge is 2.28. The van der Waals surface area contributed by atoms with Crippen molar-refractivity contribution in [1.82, 2.24) is 4.31 Å². The number of rotatable bonds is 4. The van der Waals surface area contributed by atoms with Gasteiger partial charge in [-0.1, -0.05) is 18.2 Å². The number of sulfonamides is 1. The third-order valence-corrected chi connectivity index (χ3v) is 5.67. The summed E-state index contributed by atoms with van der Waals surface area (Å²) in [6.45, 7) is 0. The lowest BCUT2D eigenvalue weighted by Gasteiger charge is -2.13. The van der Waals surface area contributed by atoms with Gasteiger partial charge in [-0.25, -0.2) is 12.7 Å². The molecule has 0 aliphatic carbocycles. The van der Waals surface area contributed by atoms with Crippen molar-refractivity contribution >= 4 is 21.6 Å². The van der Waals surface area contributed by atoms with Crippen LogP contribution >= 0.6 is 0 Å². The molecule has 126 valence electrons. The maximum atomic E-state index is 12.3. The highest BCUT2D eigenvalue weighted by atomic mass is 32.2. The number of nitrogens with zero attached hydrogens (tertiary/aromatic N) is 1. The second-order valence-electron chi connectivity index (χ2n) is 5.72. The Balaban J connectivity index is 1.68. The number of anilines is 1. The van der Waals surface area contributed by atoms with Crippen LogP contribution in [0, 0.1) is 0 Å². The standard InChI is InChI=1S/C17H18N2O4S/c1-19(2)24(21,22)14-9-7-13(8-10-14)18-17(20)16-11-12-5-3-4-6-15(12)23-16/h3-10,16H,11H2,1-2H3,(H,18,20). The first-order valence-corrected chi connectivity index (χ1v) is 8.90. The Morgan fingerprint density at radius 1 is 1.12 bits per heavy atom. The third-order valence-electron chi connectivity index (χ3n) is 3.84. The zero-order valence-electron chi connectivity index (χ0n) is 13.4. The molecule has 0 bridgehead atoms. The molecular weight excluding hydrogens is 328 g/mol. The van der Waals surface area contributed by atoms with Crippen LogP contribution in [0.5, 0.6) is 5.75 Å². The van der Waals surface area contributed by atoms with E-state index in [9.17, 15) is 13.2 Å². The molecule has 0 saturated heterocycles. The summed E-state index contributed by atoms with van der Waals surface area (Å²) in [5.41, 5.74) is 1.53. The molecule has 1 aliphatic heterocycles. The van der Waals surface area contributed by atoms with Crippen molar-refractivity contribution in [1.29, 1.82) is 0 Å². The Morgan fingerprint density at radius 2 is 1.79 bits per heavy atom. The van der Waals surface area contributed by atoms with E-state index in [4.69, 9.17) is 4.74 Å². The zero-order valence-corrected chi connectivity index (χ0v) is 14.2. The lowest BCUT2D eigenvalue weighted by atomic mass is 10.1. The van der Waals surface area contributed by atoms with E-state index in [2.05, 4.69) is 5.32 Å². The summed E-state index contributed by atoms with van der Waals surface area (Å²) in [6.07, 6.45) is -0.0534. The predicted molar refractivity (Wildman–Crippen MR) is 90.5 cm³/mol. The van der Waals surface area contributed by atoms with Gasteiger partial charge >= 0.3 is 0 Å². The van der Waals surface area contributed by atoms with Crippen LogP contribution in [-0.4, -0.2) is 38.8 Å². The van der Waals surface area contributed by atoms with Crippen LogP contribution in [0.4, 0.5) is 5.69 Å². The quantitative estimate of drug-likeness (QED) is 0.917. The van der Waals surface area contributed by atoms with Gasteiger partial charge in [-0.2, -0.15) is 0 Å². The molecule has 0 radical (unpaired) electrons. The number of amides is 1. The molecule has 3 rings (SSSR count). The van der Waals surface area contributed by atoms with Crippen molar-refractivity contribution in [3.63, 3.8) is 0 Å². The first-order valence-electron chi connectivity index (χ1n) is 7.46. The molecule has 0 fully saturated rings. The highest BCUT2D eigenvalue weighted by molar-refractivity contribution is 7.89. The molecule has 7 heteroatoms. The maximum Gasteiger partial charge on any atom is 0.265 e. The van der Waals surface area contributed by atoms with E-state index in [1.165, 1.54) is 26.2 Å². The molecule has 1 amide bonds. The summed E-state index contributed by atoms with van der Waals surface area (Å²) in [5, 5.41) is 2.75. The van der Waals surface area contributed by atoms with Crippen molar-refractivity contribution in [2.75, 3.05) is 19.4 Å². The van der Waals surface area contributed by atoms with Crippen LogP contribution in [0.3, 0.4) is 0 Å². The van der Waals surface area contributed by atoms with Crippen molar-refractivity contribution in [2.24, 2.45) is 0 Å². The summed E-state index contributed by atoms with van der Waals surface area (Å²) < 4.78 is 30.8. The van der Waals surface area contributed by atoms with E-state index in [1.54, 1.807) is 12.1 Å². The Hall–Kier alpha value is -2.38. The van der Waals surface area contributed by atoms with E-state index in [0.717, 1.165) is 15.6 Å². The van der Waals surface area contributed by atoms with Crippen LogP contribution in [0.2, 0.25) is 0 Å². The number of carbonyl (C=O) groups excluding carboxylic acids is 1. The molecule has 2 aromatic rings. The van der Waals surface area contributed by atoms with Crippen LogP contribution in [0.15, 0.2) is 53.4 Å². The molecule has 1 atom stereocenters. The Bertz CT molecular complexity index is 835. The number of carbonyl (C=O) groups is 1. The minimum absolute atomic E-state index is 0.176. The second-order valence-corrected chi connectivity index (χ2v) is 7.87. The first-order chi connectivity index (χ1) is 11.4. The van der Waals surface area contributed by atoms with Crippen LogP contribution < -0.4 is 10.1 Å². The number of para-hydroxylation sites is 1. The van der Waals surface area contributed by atoms with E-state index < -0.39 is 16.1 Å². The maximum absolute atomic E-state index is 12.3. The molecule has 1 aliphatic rings. The molecular formula is C17H18N2O4S. The van der Waals surface area contributed by atoms with E-state index in [0.29, 0.717) is 12.1 Å². The fourth-order valence-electron chi connectivity index (χ4n) is 2.47. The number of fused-ring (bicyclic) bond motifs is 1. The van der Waals surface area contributed by atoms with Gasteiger partial charge in [-0.05, 0) is 35.9 Å². The van der Waals surface area contributed by atoms with Gasteiger partial charge in [0.1, 0.15) is 5.75 Å². The van der Waals surface area contributed by atoms with Crippen molar-refractivity contribution in [3.05, 3.63) is 54.1 Å². The number of hydrogen-bond donors (Lipinski definition) is 1. The van der Waals surface area contributed by atoms with Crippen LogP contribution in [-0.2, 0) is 21.2 Å². The van der Waals surface area contributed by atoms with Gasteiger partial charge in [0.25, 0.3) is 5.91 Å². The lowest BCUT2D eigenvalue weighted by Crippen LogP contribution is -2.31. The fraction of sp³-hybridized carbons (Fsp3) is 0.235. The van der Waals surface area contributed by atoms with Crippen molar-refractivity contribution < 1.29 is 17.9 Å². The van der Waals surface area contributed by atoms with Gasteiger partial charge in [-0.15, -0.1) is 0 Å². The summed E-state index contributed by atoms with van der Waals surface area (Å²) in [5.74, 6) is 0.472. The summed E-state index contributed by atoms with van der Waals surface area (Å²) in [7, 11) is -0.533. The average Bonchev–Trinajstić information content (AvgIpc) is 2.99. The highest BCUT2D eigenvalue weighted by Crippen LogP contribution is 2.28. The smallest absolute Gasteiger partial charge is 0.265 e. The molecule has 2 aromatic carbocycles. The van der Waals surface area contributed by atoms with E-state index >= 15 is 0 Å². The van der Waals surface area contributed by atoms with Crippen LogP contribution in [0.1, 0.15) is 5.56 Å². The summed E-state index contributed by atoms with van der Waals surface area (Å²) in [6, 6.07) is 13.6.